The van der Waals surface area contributed by atoms with Crippen LogP contribution < -0.4 is 11.5 Å². The van der Waals surface area contributed by atoms with E-state index in [1.54, 1.807) is 13.2 Å². The lowest BCUT2D eigenvalue weighted by molar-refractivity contribution is 0.181. The summed E-state index contributed by atoms with van der Waals surface area (Å²) in [7, 11) is 1.55. The molecule has 0 saturated carbocycles. The molecule has 1 aromatic rings. The largest absolute Gasteiger partial charge is 0.396 e. The predicted octanol–water partition coefficient (Wildman–Crippen LogP) is 1.05. The van der Waals surface area contributed by atoms with Crippen molar-refractivity contribution in [3.05, 3.63) is 29.6 Å². The van der Waals surface area contributed by atoms with E-state index >= 15 is 0 Å². The molecule has 1 rings (SSSR count). The SMILES string of the molecule is COC[C@@H](N)c1ccc(N)c(F)c1. The van der Waals surface area contributed by atoms with Crippen LogP contribution in [0.25, 0.3) is 0 Å². The minimum atomic E-state index is -0.441. The molecule has 0 radical (unpaired) electrons. The fraction of sp³-hybridized carbons (Fsp3) is 0.333. The van der Waals surface area contributed by atoms with Crippen LogP contribution in [0.2, 0.25) is 0 Å². The second-order valence-electron chi connectivity index (χ2n) is 2.84. The van der Waals surface area contributed by atoms with Gasteiger partial charge in [0.05, 0.1) is 18.3 Å². The summed E-state index contributed by atoms with van der Waals surface area (Å²) in [6.07, 6.45) is 0. The van der Waals surface area contributed by atoms with Crippen molar-refractivity contribution in [1.82, 2.24) is 0 Å². The van der Waals surface area contributed by atoms with E-state index in [-0.39, 0.29) is 11.7 Å². The number of anilines is 1. The highest BCUT2D eigenvalue weighted by Gasteiger charge is 2.07. The molecule has 4 heteroatoms. The maximum Gasteiger partial charge on any atom is 0.146 e. The third kappa shape index (κ3) is 2.40. The van der Waals surface area contributed by atoms with E-state index in [2.05, 4.69) is 0 Å². The van der Waals surface area contributed by atoms with E-state index in [0.29, 0.717) is 12.2 Å². The molecule has 0 amide bonds. The van der Waals surface area contributed by atoms with Gasteiger partial charge in [-0.15, -0.1) is 0 Å². The van der Waals surface area contributed by atoms with Crippen LogP contribution in [0.1, 0.15) is 11.6 Å². The molecule has 72 valence electrons. The standard InChI is InChI=1S/C9H13FN2O/c1-13-5-9(12)6-2-3-8(11)7(10)4-6/h2-4,9H,5,11-12H2,1H3/t9-/m1/s1. The maximum absolute atomic E-state index is 13.0. The summed E-state index contributed by atoms with van der Waals surface area (Å²) in [5.74, 6) is -0.441. The molecule has 0 spiro atoms. The highest BCUT2D eigenvalue weighted by Crippen LogP contribution is 2.16. The van der Waals surface area contributed by atoms with Gasteiger partial charge in [-0.25, -0.2) is 4.39 Å². The molecule has 0 heterocycles. The lowest BCUT2D eigenvalue weighted by Gasteiger charge is -2.10. The monoisotopic (exact) mass is 184 g/mol. The molecular weight excluding hydrogens is 171 g/mol. The average molecular weight is 184 g/mol. The van der Waals surface area contributed by atoms with E-state index in [0.717, 1.165) is 0 Å². The average Bonchev–Trinajstić information content (AvgIpc) is 2.10. The Morgan fingerprint density at radius 2 is 2.23 bits per heavy atom. The zero-order chi connectivity index (χ0) is 9.84. The Labute approximate surface area is 76.5 Å². The van der Waals surface area contributed by atoms with Gasteiger partial charge in [-0.2, -0.15) is 0 Å². The van der Waals surface area contributed by atoms with Gasteiger partial charge in [0, 0.05) is 7.11 Å². The van der Waals surface area contributed by atoms with Crippen molar-refractivity contribution in [3.8, 4) is 0 Å². The first-order valence-corrected chi connectivity index (χ1v) is 3.94. The van der Waals surface area contributed by atoms with Crippen molar-refractivity contribution < 1.29 is 9.13 Å². The van der Waals surface area contributed by atoms with Crippen molar-refractivity contribution in [1.29, 1.82) is 0 Å². The molecule has 1 atom stereocenters. The van der Waals surface area contributed by atoms with Crippen molar-refractivity contribution >= 4 is 5.69 Å². The summed E-state index contributed by atoms with van der Waals surface area (Å²) < 4.78 is 17.8. The van der Waals surface area contributed by atoms with Crippen molar-refractivity contribution in [2.75, 3.05) is 19.5 Å². The van der Waals surface area contributed by atoms with Gasteiger partial charge in [0.15, 0.2) is 0 Å². The first-order valence-electron chi connectivity index (χ1n) is 3.94. The number of hydrogen-bond acceptors (Lipinski definition) is 3. The van der Waals surface area contributed by atoms with Crippen LogP contribution in [0.4, 0.5) is 10.1 Å². The summed E-state index contributed by atoms with van der Waals surface area (Å²) >= 11 is 0. The van der Waals surface area contributed by atoms with Crippen molar-refractivity contribution in [3.63, 3.8) is 0 Å². The number of benzene rings is 1. The van der Waals surface area contributed by atoms with Gasteiger partial charge in [0.2, 0.25) is 0 Å². The van der Waals surface area contributed by atoms with Gasteiger partial charge in [0.25, 0.3) is 0 Å². The second-order valence-corrected chi connectivity index (χ2v) is 2.84. The van der Waals surface area contributed by atoms with Crippen LogP contribution in [0.15, 0.2) is 18.2 Å². The number of rotatable bonds is 3. The second kappa shape index (κ2) is 4.20. The number of methoxy groups -OCH3 is 1. The molecule has 0 bridgehead atoms. The lowest BCUT2D eigenvalue weighted by atomic mass is 10.1. The minimum Gasteiger partial charge on any atom is -0.396 e. The number of hydrogen-bond donors (Lipinski definition) is 2. The molecule has 1 aromatic carbocycles. The van der Waals surface area contributed by atoms with Crippen LogP contribution in [-0.2, 0) is 4.74 Å². The Morgan fingerprint density at radius 1 is 1.54 bits per heavy atom. The first kappa shape index (κ1) is 9.95. The van der Waals surface area contributed by atoms with E-state index in [1.807, 2.05) is 0 Å². The van der Waals surface area contributed by atoms with Gasteiger partial charge in [-0.3, -0.25) is 0 Å². The van der Waals surface area contributed by atoms with Crippen LogP contribution in [0.5, 0.6) is 0 Å². The maximum atomic E-state index is 13.0. The minimum absolute atomic E-state index is 0.133. The van der Waals surface area contributed by atoms with E-state index in [9.17, 15) is 4.39 Å². The van der Waals surface area contributed by atoms with E-state index in [1.165, 1.54) is 12.1 Å². The molecule has 3 nitrogen and oxygen atoms in total. The molecular formula is C9H13FN2O. The summed E-state index contributed by atoms with van der Waals surface area (Å²) in [6.45, 7) is 0.364. The van der Waals surface area contributed by atoms with E-state index in [4.69, 9.17) is 16.2 Å². The number of ether oxygens (including phenoxy) is 1. The zero-order valence-corrected chi connectivity index (χ0v) is 7.46. The molecule has 0 fully saturated rings. The van der Waals surface area contributed by atoms with Gasteiger partial charge >= 0.3 is 0 Å². The highest BCUT2D eigenvalue weighted by molar-refractivity contribution is 5.42. The molecule has 13 heavy (non-hydrogen) atoms. The molecule has 0 aliphatic rings. The summed E-state index contributed by atoms with van der Waals surface area (Å²) in [6, 6.07) is 4.22. The lowest BCUT2D eigenvalue weighted by Crippen LogP contribution is -2.16. The summed E-state index contributed by atoms with van der Waals surface area (Å²) in [5.41, 5.74) is 11.8. The van der Waals surface area contributed by atoms with Crippen LogP contribution >= 0.6 is 0 Å². The molecule has 0 unspecified atom stereocenters. The fourth-order valence-electron chi connectivity index (χ4n) is 1.05. The Morgan fingerprint density at radius 3 is 2.77 bits per heavy atom. The molecule has 0 aliphatic heterocycles. The van der Waals surface area contributed by atoms with Crippen LogP contribution in [0, 0.1) is 5.82 Å². The normalized spacial score (nSPS) is 12.8. The molecule has 0 aromatic heterocycles. The quantitative estimate of drug-likeness (QED) is 0.690. The summed E-state index contributed by atoms with van der Waals surface area (Å²) in [5, 5.41) is 0. The van der Waals surface area contributed by atoms with Crippen LogP contribution in [-0.4, -0.2) is 13.7 Å². The smallest absolute Gasteiger partial charge is 0.146 e. The molecule has 4 N–H and O–H groups in total. The summed E-state index contributed by atoms with van der Waals surface area (Å²) in [4.78, 5) is 0. The first-order chi connectivity index (χ1) is 6.15. The molecule has 0 saturated heterocycles. The Balaban J connectivity index is 2.84. The Bertz CT molecular complexity index is 291. The number of nitrogens with two attached hydrogens (primary N) is 2. The van der Waals surface area contributed by atoms with Gasteiger partial charge in [-0.05, 0) is 17.7 Å². The fourth-order valence-corrected chi connectivity index (χ4v) is 1.05. The zero-order valence-electron chi connectivity index (χ0n) is 7.46. The molecule has 0 aliphatic carbocycles. The third-order valence-corrected chi connectivity index (χ3v) is 1.80. The predicted molar refractivity (Wildman–Crippen MR) is 49.6 cm³/mol. The van der Waals surface area contributed by atoms with Crippen LogP contribution in [0.3, 0.4) is 0 Å². The van der Waals surface area contributed by atoms with Gasteiger partial charge < -0.3 is 16.2 Å². The number of halogens is 1. The third-order valence-electron chi connectivity index (χ3n) is 1.80. The van der Waals surface area contributed by atoms with Crippen molar-refractivity contribution in [2.24, 2.45) is 5.73 Å². The van der Waals surface area contributed by atoms with Gasteiger partial charge in [0.1, 0.15) is 5.82 Å². The van der Waals surface area contributed by atoms with E-state index < -0.39 is 5.82 Å². The Kier molecular flexibility index (Phi) is 3.22. The highest BCUT2D eigenvalue weighted by atomic mass is 19.1. The Hall–Kier alpha value is -1.13. The van der Waals surface area contributed by atoms with Crippen molar-refractivity contribution in [2.45, 2.75) is 6.04 Å². The number of nitrogen functional groups attached to an aromatic ring is 1. The van der Waals surface area contributed by atoms with Gasteiger partial charge in [-0.1, -0.05) is 6.07 Å². The topological polar surface area (TPSA) is 61.3 Å².